The van der Waals surface area contributed by atoms with E-state index in [1.807, 2.05) is 17.5 Å². The van der Waals surface area contributed by atoms with Gasteiger partial charge in [0.05, 0.1) is 12.3 Å². The van der Waals surface area contributed by atoms with Crippen molar-refractivity contribution in [2.24, 2.45) is 0 Å². The molecule has 0 saturated carbocycles. The molecule has 0 unspecified atom stereocenters. The van der Waals surface area contributed by atoms with Gasteiger partial charge in [-0.15, -0.1) is 11.3 Å². The van der Waals surface area contributed by atoms with Crippen LogP contribution < -0.4 is 10.1 Å². The smallest absolute Gasteiger partial charge is 0.262 e. The van der Waals surface area contributed by atoms with E-state index < -0.39 is 0 Å². The lowest BCUT2D eigenvalue weighted by atomic mass is 10.2. The van der Waals surface area contributed by atoms with Crippen LogP contribution in [0.15, 0.2) is 48.0 Å². The summed E-state index contributed by atoms with van der Waals surface area (Å²) in [5, 5.41) is 5.81. The van der Waals surface area contributed by atoms with Gasteiger partial charge in [0.25, 0.3) is 5.91 Å². The van der Waals surface area contributed by atoms with Crippen molar-refractivity contribution < 1.29 is 14.3 Å². The Morgan fingerprint density at radius 1 is 1.23 bits per heavy atom. The number of amides is 1. The Balaban J connectivity index is 1.72. The molecule has 0 aliphatic heterocycles. The maximum absolute atomic E-state index is 12.5. The third-order valence-corrected chi connectivity index (χ3v) is 4.42. The lowest BCUT2D eigenvalue weighted by molar-refractivity contribution is 0.101. The molecule has 2 heterocycles. The second kappa shape index (κ2) is 8.75. The maximum Gasteiger partial charge on any atom is 0.262 e. The zero-order valence-electron chi connectivity index (χ0n) is 13.9. The minimum atomic E-state index is -0.331. The number of rotatable bonds is 7. The number of aromatic nitrogens is 2. The zero-order chi connectivity index (χ0) is 18.4. The quantitative estimate of drug-likeness (QED) is 0.615. The van der Waals surface area contributed by atoms with Crippen molar-refractivity contribution in [3.63, 3.8) is 0 Å². The second-order valence-corrected chi connectivity index (χ2v) is 6.49. The van der Waals surface area contributed by atoms with E-state index >= 15 is 0 Å². The first-order valence-corrected chi connectivity index (χ1v) is 9.02. The van der Waals surface area contributed by atoms with Crippen LogP contribution in [0.25, 0.3) is 11.3 Å². The van der Waals surface area contributed by atoms with Crippen LogP contribution in [0, 0.1) is 0 Å². The summed E-state index contributed by atoms with van der Waals surface area (Å²) in [5.74, 6) is -0.0703. The molecule has 8 heteroatoms. The molecule has 0 saturated heterocycles. The third kappa shape index (κ3) is 4.57. The summed E-state index contributed by atoms with van der Waals surface area (Å²) in [7, 11) is 1.58. The molecule has 2 aromatic heterocycles. The van der Waals surface area contributed by atoms with Crippen molar-refractivity contribution in [1.29, 1.82) is 0 Å². The van der Waals surface area contributed by atoms with Crippen LogP contribution in [0.5, 0.6) is 5.88 Å². The number of benzene rings is 1. The summed E-state index contributed by atoms with van der Waals surface area (Å²) >= 11 is 7.24. The van der Waals surface area contributed by atoms with Gasteiger partial charge in [-0.25, -0.2) is 9.97 Å². The van der Waals surface area contributed by atoms with Gasteiger partial charge in [0.2, 0.25) is 5.88 Å². The standard InChI is InChI=1S/C18H16ClN3O3S/c1-24-9-10-25-17-14(3-2-8-20-17)16(23)22-18-21-15(11-26-18)12-4-6-13(19)7-5-12/h2-8,11H,9-10H2,1H3,(H,21,22,23). The van der Waals surface area contributed by atoms with Crippen molar-refractivity contribution in [1.82, 2.24) is 9.97 Å². The summed E-state index contributed by atoms with van der Waals surface area (Å²) in [4.78, 5) is 21.1. The lowest BCUT2D eigenvalue weighted by Crippen LogP contribution is -2.15. The molecule has 1 aromatic carbocycles. The summed E-state index contributed by atoms with van der Waals surface area (Å²) < 4.78 is 10.4. The summed E-state index contributed by atoms with van der Waals surface area (Å²) in [6, 6.07) is 10.7. The second-order valence-electron chi connectivity index (χ2n) is 5.20. The average molecular weight is 390 g/mol. The molecule has 0 aliphatic carbocycles. The van der Waals surface area contributed by atoms with E-state index in [0.717, 1.165) is 11.3 Å². The molecule has 0 aliphatic rings. The predicted molar refractivity (Wildman–Crippen MR) is 102 cm³/mol. The van der Waals surface area contributed by atoms with E-state index in [0.29, 0.717) is 28.9 Å². The monoisotopic (exact) mass is 389 g/mol. The molecule has 134 valence electrons. The number of methoxy groups -OCH3 is 1. The van der Waals surface area contributed by atoms with Crippen molar-refractivity contribution >= 4 is 34.0 Å². The number of carbonyl (C=O) groups is 1. The van der Waals surface area contributed by atoms with E-state index in [4.69, 9.17) is 21.1 Å². The Labute approximate surface area is 159 Å². The molecule has 0 bridgehead atoms. The van der Waals surface area contributed by atoms with Gasteiger partial charge in [-0.1, -0.05) is 23.7 Å². The van der Waals surface area contributed by atoms with Crippen LogP contribution in [-0.2, 0) is 4.74 Å². The number of thiazole rings is 1. The van der Waals surface area contributed by atoms with E-state index in [2.05, 4.69) is 15.3 Å². The zero-order valence-corrected chi connectivity index (χ0v) is 15.5. The Morgan fingerprint density at radius 2 is 2.04 bits per heavy atom. The number of hydrogen-bond donors (Lipinski definition) is 1. The lowest BCUT2D eigenvalue weighted by Gasteiger charge is -2.09. The number of nitrogens with one attached hydrogen (secondary N) is 1. The van der Waals surface area contributed by atoms with Crippen LogP contribution in [0.1, 0.15) is 10.4 Å². The number of nitrogens with zero attached hydrogens (tertiary/aromatic N) is 2. The number of anilines is 1. The number of ether oxygens (including phenoxy) is 2. The molecule has 26 heavy (non-hydrogen) atoms. The highest BCUT2D eigenvalue weighted by molar-refractivity contribution is 7.14. The topological polar surface area (TPSA) is 73.3 Å². The summed E-state index contributed by atoms with van der Waals surface area (Å²) in [6.07, 6.45) is 1.57. The number of pyridine rings is 1. The van der Waals surface area contributed by atoms with Crippen LogP contribution in [-0.4, -0.2) is 36.2 Å². The maximum atomic E-state index is 12.5. The molecule has 0 atom stereocenters. The van der Waals surface area contributed by atoms with Gasteiger partial charge < -0.3 is 9.47 Å². The Kier molecular flexibility index (Phi) is 6.17. The molecule has 3 aromatic rings. The highest BCUT2D eigenvalue weighted by Crippen LogP contribution is 2.26. The van der Waals surface area contributed by atoms with Gasteiger partial charge in [0, 0.05) is 29.3 Å². The largest absolute Gasteiger partial charge is 0.475 e. The number of hydrogen-bond acceptors (Lipinski definition) is 6. The van der Waals surface area contributed by atoms with Crippen LogP contribution in [0.4, 0.5) is 5.13 Å². The van der Waals surface area contributed by atoms with E-state index in [1.165, 1.54) is 11.3 Å². The van der Waals surface area contributed by atoms with Crippen LogP contribution >= 0.6 is 22.9 Å². The van der Waals surface area contributed by atoms with Crippen LogP contribution in [0.3, 0.4) is 0 Å². The van der Waals surface area contributed by atoms with Crippen molar-refractivity contribution in [3.8, 4) is 17.1 Å². The first kappa shape index (κ1) is 18.3. The molecule has 6 nitrogen and oxygen atoms in total. The van der Waals surface area contributed by atoms with E-state index in [1.54, 1.807) is 37.6 Å². The third-order valence-electron chi connectivity index (χ3n) is 3.41. The Hall–Kier alpha value is -2.48. The van der Waals surface area contributed by atoms with Crippen molar-refractivity contribution in [2.75, 3.05) is 25.6 Å². The van der Waals surface area contributed by atoms with Gasteiger partial charge in [0.15, 0.2) is 5.13 Å². The molecule has 0 spiro atoms. The predicted octanol–water partition coefficient (Wildman–Crippen LogP) is 4.14. The van der Waals surface area contributed by atoms with Gasteiger partial charge in [-0.05, 0) is 24.3 Å². The van der Waals surface area contributed by atoms with Gasteiger partial charge >= 0.3 is 0 Å². The first-order chi connectivity index (χ1) is 12.7. The normalized spacial score (nSPS) is 10.5. The van der Waals surface area contributed by atoms with E-state index in [-0.39, 0.29) is 11.8 Å². The molecule has 1 amide bonds. The van der Waals surface area contributed by atoms with Gasteiger partial charge in [-0.3, -0.25) is 10.1 Å². The molecular weight excluding hydrogens is 374 g/mol. The summed E-state index contributed by atoms with van der Waals surface area (Å²) in [5.41, 5.74) is 2.03. The SMILES string of the molecule is COCCOc1ncccc1C(=O)Nc1nc(-c2ccc(Cl)cc2)cs1. The highest BCUT2D eigenvalue weighted by atomic mass is 35.5. The highest BCUT2D eigenvalue weighted by Gasteiger charge is 2.15. The molecule has 0 radical (unpaired) electrons. The van der Waals surface area contributed by atoms with Gasteiger partial charge in [0.1, 0.15) is 12.2 Å². The molecule has 1 N–H and O–H groups in total. The van der Waals surface area contributed by atoms with Crippen molar-refractivity contribution in [3.05, 3.63) is 58.6 Å². The Bertz CT molecular complexity index is 883. The fourth-order valence-electron chi connectivity index (χ4n) is 2.15. The molecular formula is C18H16ClN3O3S. The Morgan fingerprint density at radius 3 is 2.81 bits per heavy atom. The molecule has 0 fully saturated rings. The fourth-order valence-corrected chi connectivity index (χ4v) is 2.99. The first-order valence-electron chi connectivity index (χ1n) is 7.77. The average Bonchev–Trinajstić information content (AvgIpc) is 3.11. The van der Waals surface area contributed by atoms with Crippen LogP contribution in [0.2, 0.25) is 5.02 Å². The van der Waals surface area contributed by atoms with Gasteiger partial charge in [-0.2, -0.15) is 0 Å². The number of halogens is 1. The van der Waals surface area contributed by atoms with Crippen molar-refractivity contribution in [2.45, 2.75) is 0 Å². The summed E-state index contributed by atoms with van der Waals surface area (Å²) in [6.45, 7) is 0.723. The molecule has 3 rings (SSSR count). The minimum absolute atomic E-state index is 0.261. The number of carbonyl (C=O) groups excluding carboxylic acids is 1. The van der Waals surface area contributed by atoms with E-state index in [9.17, 15) is 4.79 Å². The minimum Gasteiger partial charge on any atom is -0.475 e. The fraction of sp³-hybridized carbons (Fsp3) is 0.167.